The van der Waals surface area contributed by atoms with Crippen molar-refractivity contribution in [3.8, 4) is 0 Å². The first kappa shape index (κ1) is 5.80. The van der Waals surface area contributed by atoms with Gasteiger partial charge in [-0.2, -0.15) is 5.10 Å². The Labute approximate surface area is 59.4 Å². The van der Waals surface area contributed by atoms with Crippen LogP contribution in [-0.4, -0.2) is 13.0 Å². The highest BCUT2D eigenvalue weighted by molar-refractivity contribution is 14.1. The van der Waals surface area contributed by atoms with Crippen molar-refractivity contribution < 1.29 is 0 Å². The Bertz CT molecular complexity index is 237. The highest BCUT2D eigenvalue weighted by Gasteiger charge is 1.95. The molecule has 1 heterocycles. The van der Waals surface area contributed by atoms with Gasteiger partial charge in [0.25, 0.3) is 0 Å². The molecular formula is C3H4IN3O. The lowest BCUT2D eigenvalue weighted by Crippen LogP contribution is -2.07. The zero-order valence-electron chi connectivity index (χ0n) is 4.18. The van der Waals surface area contributed by atoms with E-state index in [1.807, 2.05) is 22.9 Å². The van der Waals surface area contributed by atoms with Gasteiger partial charge in [0, 0.05) is 0 Å². The first-order chi connectivity index (χ1) is 3.72. The Morgan fingerprint density at radius 3 is 2.62 bits per heavy atom. The Morgan fingerprint density at radius 1 is 1.88 bits per heavy atom. The van der Waals surface area contributed by atoms with Crippen molar-refractivity contribution in [2.75, 3.05) is 0 Å². The van der Waals surface area contributed by atoms with Gasteiger partial charge in [0.05, 0.1) is 22.9 Å². The molecule has 0 radical (unpaired) electrons. The summed E-state index contributed by atoms with van der Waals surface area (Å²) in [5.74, 6) is 0.690. The van der Waals surface area contributed by atoms with Gasteiger partial charge in [-0.05, 0) is 6.92 Å². The number of aryl methyl sites for hydroxylation is 1. The summed E-state index contributed by atoms with van der Waals surface area (Å²) in [6, 6.07) is 0. The van der Waals surface area contributed by atoms with Crippen LogP contribution < -0.4 is 5.69 Å². The third-order valence-corrected chi connectivity index (χ3v) is 1.91. The maximum absolute atomic E-state index is 10.5. The van der Waals surface area contributed by atoms with E-state index >= 15 is 0 Å². The fourth-order valence-corrected chi connectivity index (χ4v) is 0.579. The van der Waals surface area contributed by atoms with E-state index in [9.17, 15) is 4.79 Å². The molecule has 1 N–H and O–H groups in total. The Kier molecular flexibility index (Phi) is 1.37. The monoisotopic (exact) mass is 225 g/mol. The van der Waals surface area contributed by atoms with Gasteiger partial charge >= 0.3 is 5.69 Å². The molecule has 0 aromatic carbocycles. The summed E-state index contributed by atoms with van der Waals surface area (Å²) in [4.78, 5) is 10.5. The average molecular weight is 225 g/mol. The predicted molar refractivity (Wildman–Crippen MR) is 37.0 cm³/mol. The quantitative estimate of drug-likeness (QED) is 0.635. The van der Waals surface area contributed by atoms with Crippen LogP contribution in [0.2, 0.25) is 0 Å². The van der Waals surface area contributed by atoms with Gasteiger partial charge in [-0.25, -0.2) is 12.7 Å². The molecule has 0 saturated heterocycles. The van der Waals surface area contributed by atoms with Crippen LogP contribution in [-0.2, 0) is 0 Å². The fraction of sp³-hybridized carbons (Fsp3) is 0.333. The normalized spacial score (nSPS) is 9.75. The van der Waals surface area contributed by atoms with Gasteiger partial charge in [-0.1, -0.05) is 0 Å². The minimum absolute atomic E-state index is 0.178. The topological polar surface area (TPSA) is 50.7 Å². The Hall–Kier alpha value is -0.330. The van der Waals surface area contributed by atoms with Crippen molar-refractivity contribution in [1.29, 1.82) is 0 Å². The number of hydrogen-bond acceptors (Lipinski definition) is 2. The zero-order chi connectivity index (χ0) is 6.15. The molecule has 0 spiro atoms. The number of H-pyrrole nitrogens is 1. The maximum Gasteiger partial charge on any atom is 0.352 e. The van der Waals surface area contributed by atoms with E-state index < -0.39 is 0 Å². The zero-order valence-corrected chi connectivity index (χ0v) is 6.34. The summed E-state index contributed by atoms with van der Waals surface area (Å²) in [7, 11) is 0. The minimum atomic E-state index is -0.178. The molecule has 1 aromatic rings. The molecule has 1 aromatic heterocycles. The van der Waals surface area contributed by atoms with E-state index in [0.29, 0.717) is 5.82 Å². The van der Waals surface area contributed by atoms with Crippen LogP contribution in [0.25, 0.3) is 0 Å². The average Bonchev–Trinajstić information content (AvgIpc) is 1.98. The van der Waals surface area contributed by atoms with Crippen molar-refractivity contribution in [2.24, 2.45) is 0 Å². The van der Waals surface area contributed by atoms with E-state index in [4.69, 9.17) is 0 Å². The summed E-state index contributed by atoms with van der Waals surface area (Å²) in [5, 5.41) is 5.92. The van der Waals surface area contributed by atoms with Crippen molar-refractivity contribution in [2.45, 2.75) is 6.92 Å². The molecule has 5 heteroatoms. The Balaban J connectivity index is 3.41. The fourth-order valence-electron chi connectivity index (χ4n) is 0.363. The SMILES string of the molecule is Cc1n[nH]c(=O)n1I. The molecular weight excluding hydrogens is 221 g/mol. The van der Waals surface area contributed by atoms with Gasteiger partial charge in [0.2, 0.25) is 0 Å². The number of aromatic amines is 1. The maximum atomic E-state index is 10.5. The predicted octanol–water partition coefficient (Wildman–Crippen LogP) is 0.0779. The molecule has 0 aliphatic carbocycles. The number of hydrogen-bond donors (Lipinski definition) is 1. The second kappa shape index (κ2) is 1.88. The second-order valence-corrected chi connectivity index (χ2v) is 2.32. The van der Waals surface area contributed by atoms with Crippen LogP contribution in [0.4, 0.5) is 0 Å². The first-order valence-electron chi connectivity index (χ1n) is 2.02. The molecule has 0 saturated carbocycles. The molecule has 1 rings (SSSR count). The molecule has 0 fully saturated rings. The van der Waals surface area contributed by atoms with Crippen molar-refractivity contribution in [3.63, 3.8) is 0 Å². The van der Waals surface area contributed by atoms with Crippen LogP contribution >= 0.6 is 22.9 Å². The van der Waals surface area contributed by atoms with Gasteiger partial charge in [-0.15, -0.1) is 0 Å². The molecule has 0 amide bonds. The summed E-state index contributed by atoms with van der Waals surface area (Å²) < 4.78 is 1.41. The number of aromatic nitrogens is 3. The summed E-state index contributed by atoms with van der Waals surface area (Å²) in [6.07, 6.45) is 0. The number of nitrogens with one attached hydrogen (secondary N) is 1. The smallest absolute Gasteiger partial charge is 0.245 e. The van der Waals surface area contributed by atoms with Gasteiger partial charge in [0.1, 0.15) is 5.82 Å². The van der Waals surface area contributed by atoms with Crippen molar-refractivity contribution in [1.82, 2.24) is 13.0 Å². The van der Waals surface area contributed by atoms with Crippen molar-refractivity contribution in [3.05, 3.63) is 16.3 Å². The van der Waals surface area contributed by atoms with Gasteiger partial charge < -0.3 is 0 Å². The molecule has 0 aliphatic heterocycles. The van der Waals surface area contributed by atoms with Crippen LogP contribution in [0.15, 0.2) is 4.79 Å². The summed E-state index contributed by atoms with van der Waals surface area (Å²) >= 11 is 1.87. The standard InChI is InChI=1S/C3H4IN3O/c1-2-5-6-3(8)7(2)4/h1H3,(H,6,8). The van der Waals surface area contributed by atoms with Crippen LogP contribution in [0.3, 0.4) is 0 Å². The van der Waals surface area contributed by atoms with Crippen LogP contribution in [0.5, 0.6) is 0 Å². The molecule has 8 heavy (non-hydrogen) atoms. The molecule has 0 unspecified atom stereocenters. The lowest BCUT2D eigenvalue weighted by molar-refractivity contribution is 1.02. The number of nitrogens with zero attached hydrogens (tertiary/aromatic N) is 2. The highest BCUT2D eigenvalue weighted by Crippen LogP contribution is 1.89. The van der Waals surface area contributed by atoms with E-state index in [1.165, 1.54) is 2.78 Å². The second-order valence-electron chi connectivity index (χ2n) is 1.36. The number of halogens is 1. The van der Waals surface area contributed by atoms with E-state index in [0.717, 1.165) is 0 Å². The lowest BCUT2D eigenvalue weighted by atomic mass is 10.8. The highest BCUT2D eigenvalue weighted by atomic mass is 127. The first-order valence-corrected chi connectivity index (χ1v) is 2.98. The third-order valence-electron chi connectivity index (χ3n) is 0.776. The third kappa shape index (κ3) is 0.770. The van der Waals surface area contributed by atoms with E-state index in [1.54, 1.807) is 6.92 Å². The molecule has 4 nitrogen and oxygen atoms in total. The van der Waals surface area contributed by atoms with Gasteiger partial charge in [-0.3, -0.25) is 0 Å². The van der Waals surface area contributed by atoms with Crippen molar-refractivity contribution >= 4 is 22.9 Å². The lowest BCUT2D eigenvalue weighted by Gasteiger charge is -1.80. The van der Waals surface area contributed by atoms with Gasteiger partial charge in [0.15, 0.2) is 0 Å². The molecule has 0 atom stereocenters. The minimum Gasteiger partial charge on any atom is -0.245 e. The number of rotatable bonds is 0. The van der Waals surface area contributed by atoms with Crippen LogP contribution in [0.1, 0.15) is 5.82 Å². The van der Waals surface area contributed by atoms with E-state index in [-0.39, 0.29) is 5.69 Å². The molecule has 0 bridgehead atoms. The summed E-state index contributed by atoms with van der Waals surface area (Å²) in [5.41, 5.74) is -0.178. The van der Waals surface area contributed by atoms with E-state index in [2.05, 4.69) is 10.2 Å². The molecule has 0 aliphatic rings. The Morgan fingerprint density at radius 2 is 2.50 bits per heavy atom. The largest absolute Gasteiger partial charge is 0.352 e. The molecule has 44 valence electrons. The van der Waals surface area contributed by atoms with Crippen LogP contribution in [0, 0.1) is 6.92 Å². The summed E-state index contributed by atoms with van der Waals surface area (Å²) in [6.45, 7) is 1.75.